The van der Waals surface area contributed by atoms with Gasteiger partial charge in [0.05, 0.1) is 0 Å². The molecular weight excluding hydrogens is 308 g/mol. The summed E-state index contributed by atoms with van der Waals surface area (Å²) in [6.45, 7) is 0. The van der Waals surface area contributed by atoms with Crippen molar-refractivity contribution in [1.82, 2.24) is 0 Å². The van der Waals surface area contributed by atoms with Gasteiger partial charge in [0, 0.05) is 0 Å². The minimum absolute atomic E-state index is 0. The summed E-state index contributed by atoms with van der Waals surface area (Å²) >= 11 is 0. The minimum Gasteiger partial charge on any atom is -0.210 e. The molecule has 0 spiro atoms. The third kappa shape index (κ3) is 476. The summed E-state index contributed by atoms with van der Waals surface area (Å²) < 4.78 is 17.1. The molecule has 0 aromatic heterocycles. The molecule has 0 amide bonds. The van der Waals surface area contributed by atoms with E-state index in [1.54, 1.807) is 0 Å². The van der Waals surface area contributed by atoms with Crippen LogP contribution >= 0.6 is 15.6 Å². The molecule has 0 aliphatic rings. The summed E-state index contributed by atoms with van der Waals surface area (Å²) in [7, 11) is -10.8. The molecule has 0 radical (unpaired) electrons. The van der Waals surface area contributed by atoms with Gasteiger partial charge in [0.15, 0.2) is 0 Å². The maximum Gasteiger partial charge on any atom is 1.00 e. The molecule has 0 rings (SSSR count). The van der Waals surface area contributed by atoms with Gasteiger partial charge in [-0.1, -0.05) is 0 Å². The standard InChI is InChI=1S/GeH2.2Li.2H3O4P.H4S/c;;;2*1-5(2,3)4;/h1H2;;;2*(H3,1,2,3,4);1H4/q+2;2*+1;;;+2/p-6. The Hall–Kier alpha value is 2.31. The van der Waals surface area contributed by atoms with Gasteiger partial charge in [0.25, 0.3) is 0 Å². The predicted octanol–water partition coefficient (Wildman–Crippen LogP) is -13.6. The monoisotopic (exact) mass is 316 g/mol. The number of rotatable bonds is 0. The molecule has 0 aliphatic carbocycles. The van der Waals surface area contributed by atoms with Crippen molar-refractivity contribution in [2.24, 2.45) is 0 Å². The SMILES string of the molecule is O=P([O-])([O-])[O-].O=P([O-])([O-])[O-].[GeH2+2].[Li+].[Li+].[SH4+2]. The Morgan fingerprint density at radius 1 is 0.643 bits per heavy atom. The third-order valence-electron chi connectivity index (χ3n) is 0. The molecule has 0 saturated heterocycles. The second-order valence-corrected chi connectivity index (χ2v) is 2.68. The molecule has 0 aromatic rings. The molecule has 0 bridgehead atoms. The average molecular weight is 315 g/mol. The van der Waals surface area contributed by atoms with E-state index in [-0.39, 0.29) is 68.8 Å². The Kier molecular flexibility index (Phi) is 39.3. The van der Waals surface area contributed by atoms with E-state index in [2.05, 4.69) is 0 Å². The van der Waals surface area contributed by atoms with Crippen LogP contribution < -0.4 is 67.1 Å². The molecule has 14 heavy (non-hydrogen) atoms. The van der Waals surface area contributed by atoms with Crippen LogP contribution in [0.4, 0.5) is 0 Å². The first kappa shape index (κ1) is 36.0. The maximum atomic E-state index is 8.55. The Labute approximate surface area is 122 Å². The molecule has 76 valence electrons. The van der Waals surface area contributed by atoms with E-state index in [0.717, 1.165) is 0 Å². The Morgan fingerprint density at radius 2 is 0.643 bits per heavy atom. The first-order chi connectivity index (χ1) is 4.00. The quantitative estimate of drug-likeness (QED) is 0.313. The summed E-state index contributed by atoms with van der Waals surface area (Å²) in [5.41, 5.74) is 0. The molecule has 0 aromatic carbocycles. The predicted molar refractivity (Wildman–Crippen MR) is 36.7 cm³/mol. The normalized spacial score (nSPS) is 8.43. The van der Waals surface area contributed by atoms with Gasteiger partial charge in [0.1, 0.15) is 0 Å². The van der Waals surface area contributed by atoms with E-state index in [9.17, 15) is 0 Å². The van der Waals surface area contributed by atoms with Crippen molar-refractivity contribution in [2.45, 2.75) is 0 Å². The summed E-state index contributed by atoms with van der Waals surface area (Å²) in [6.07, 6.45) is 0. The summed E-state index contributed by atoms with van der Waals surface area (Å²) in [5, 5.41) is 0. The summed E-state index contributed by atoms with van der Waals surface area (Å²) in [6, 6.07) is 0. The molecule has 14 heteroatoms. The Morgan fingerprint density at radius 3 is 0.643 bits per heavy atom. The first-order valence-corrected chi connectivity index (χ1v) is 4.38. The zero-order valence-electron chi connectivity index (χ0n) is 7.57. The van der Waals surface area contributed by atoms with Crippen LogP contribution in [0.3, 0.4) is 0 Å². The van der Waals surface area contributed by atoms with Gasteiger partial charge in [-0.3, -0.25) is 0 Å². The van der Waals surface area contributed by atoms with Crippen molar-refractivity contribution in [2.75, 3.05) is 0 Å². The number of hydrogen-bond acceptors (Lipinski definition) is 8. The Balaban J connectivity index is -0.0000000178. The third-order valence-corrected chi connectivity index (χ3v) is 0. The Bertz CT molecular complexity index is 138. The second kappa shape index (κ2) is 15.3. The van der Waals surface area contributed by atoms with Crippen LogP contribution in [0.25, 0.3) is 0 Å². The smallest absolute Gasteiger partial charge is 0.210 e. The van der Waals surface area contributed by atoms with E-state index >= 15 is 0 Å². The molecule has 0 unspecified atom stereocenters. The van der Waals surface area contributed by atoms with Gasteiger partial charge >= 0.3 is 55.3 Å². The number of phosphoric acid groups is 2. The minimum atomic E-state index is -5.39. The topological polar surface area (TPSA) is 172 Å². The fraction of sp³-hybridized carbons (Fsp3) is 0. The van der Waals surface area contributed by atoms with Crippen LogP contribution in [-0.4, -0.2) is 17.6 Å². The molecule has 0 fully saturated rings. The molecule has 8 nitrogen and oxygen atoms in total. The van der Waals surface area contributed by atoms with Crippen LogP contribution in [0, 0.1) is 0 Å². The van der Waals surface area contributed by atoms with Crippen LogP contribution in [0.1, 0.15) is 0 Å². The van der Waals surface area contributed by atoms with Crippen molar-refractivity contribution < 1.29 is 76.2 Å². The molecule has 0 atom stereocenters. The summed E-state index contributed by atoms with van der Waals surface area (Å²) in [5.74, 6) is 0. The van der Waals surface area contributed by atoms with Crippen molar-refractivity contribution in [3.63, 3.8) is 0 Å². The zero-order chi connectivity index (χ0) is 9.00. The van der Waals surface area contributed by atoms with E-state index in [1.807, 2.05) is 0 Å². The zero-order valence-corrected chi connectivity index (χ0v) is 13.7. The van der Waals surface area contributed by atoms with Crippen LogP contribution in [0.2, 0.25) is 0 Å². The fourth-order valence-electron chi connectivity index (χ4n) is 0. The van der Waals surface area contributed by atoms with E-state index in [0.29, 0.717) is 0 Å². The van der Waals surface area contributed by atoms with Crippen LogP contribution in [0.5, 0.6) is 0 Å². The van der Waals surface area contributed by atoms with Gasteiger partial charge in [-0.2, -0.15) is 15.6 Å². The van der Waals surface area contributed by atoms with Crippen molar-refractivity contribution in [3.8, 4) is 0 Å². The molecule has 0 saturated carbocycles. The van der Waals surface area contributed by atoms with E-state index in [1.165, 1.54) is 0 Å². The molecular formula is H6GeLi2O8P2S. The maximum absolute atomic E-state index is 8.55. The van der Waals surface area contributed by atoms with Crippen molar-refractivity contribution >= 4 is 46.7 Å². The number of hydrogen-bond donors (Lipinski definition) is 0. The van der Waals surface area contributed by atoms with Gasteiger partial charge in [-0.05, 0) is 0 Å². The van der Waals surface area contributed by atoms with Crippen molar-refractivity contribution in [3.05, 3.63) is 0 Å². The molecule has 0 heterocycles. The van der Waals surface area contributed by atoms with Crippen molar-refractivity contribution in [1.29, 1.82) is 0 Å². The average Bonchev–Trinajstić information content (AvgIpc) is 1.12. The first-order valence-electron chi connectivity index (χ1n) is 1.46. The van der Waals surface area contributed by atoms with Crippen LogP contribution in [0.15, 0.2) is 0 Å². The van der Waals surface area contributed by atoms with Gasteiger partial charge in [-0.25, -0.2) is 13.5 Å². The second-order valence-electron chi connectivity index (χ2n) is 0.894. The van der Waals surface area contributed by atoms with Crippen LogP contribution in [-0.2, 0) is 22.6 Å². The molecule has 0 N–H and O–H groups in total. The fourth-order valence-corrected chi connectivity index (χ4v) is 0. The van der Waals surface area contributed by atoms with Gasteiger partial charge in [-0.15, -0.1) is 0 Å². The van der Waals surface area contributed by atoms with E-state index < -0.39 is 15.6 Å². The van der Waals surface area contributed by atoms with Gasteiger partial charge in [0.2, 0.25) is 0 Å². The van der Waals surface area contributed by atoms with E-state index in [4.69, 9.17) is 38.5 Å². The van der Waals surface area contributed by atoms with Gasteiger partial charge < -0.3 is 38.5 Å². The largest absolute Gasteiger partial charge is 1.00 e. The molecule has 0 aliphatic heterocycles. The summed E-state index contributed by atoms with van der Waals surface area (Å²) in [4.78, 5) is 51.3.